The van der Waals surface area contributed by atoms with Gasteiger partial charge in [0.2, 0.25) is 12.1 Å². The lowest BCUT2D eigenvalue weighted by Gasteiger charge is -2.16. The van der Waals surface area contributed by atoms with Crippen LogP contribution in [0.2, 0.25) is 10.0 Å². The molecule has 0 radical (unpaired) electrons. The molecule has 15 nitrogen and oxygen atoms in total. The number of halogens is 5. The molecule has 0 aliphatic carbocycles. The molecule has 0 aliphatic heterocycles. The van der Waals surface area contributed by atoms with E-state index in [4.69, 9.17) is 62.7 Å². The molecule has 0 aromatic heterocycles. The molecule has 4 amide bonds. The Morgan fingerprint density at radius 2 is 1.03 bits per heavy atom. The highest BCUT2D eigenvalue weighted by atomic mass is 35.5. The maximum Gasteiger partial charge on any atom is 0.258 e. The van der Waals surface area contributed by atoms with Crippen molar-refractivity contribution in [3.8, 4) is 5.75 Å². The Hall–Kier alpha value is -6.23. The van der Waals surface area contributed by atoms with Crippen molar-refractivity contribution in [3.63, 3.8) is 0 Å². The van der Waals surface area contributed by atoms with Crippen LogP contribution in [0.3, 0.4) is 0 Å². The number of alkyl halides is 3. The molecule has 5 rings (SSSR count). The highest BCUT2D eigenvalue weighted by molar-refractivity contribution is 6.32. The lowest BCUT2D eigenvalue weighted by atomic mass is 10.1. The smallest absolute Gasteiger partial charge is 0.258 e. The van der Waals surface area contributed by atoms with Gasteiger partial charge in [-0.05, 0) is 85.6 Å². The van der Waals surface area contributed by atoms with Crippen LogP contribution in [0.4, 0.5) is 34.1 Å². The second-order valence-corrected chi connectivity index (χ2v) is 15.4. The van der Waals surface area contributed by atoms with Crippen molar-refractivity contribution in [2.75, 3.05) is 33.8 Å². The number of anilines is 4. The third kappa shape index (κ3) is 13.6. The Kier molecular flexibility index (Phi) is 17.9. The first-order valence-corrected chi connectivity index (χ1v) is 21.3. The van der Waals surface area contributed by atoms with Crippen LogP contribution in [0.5, 0.6) is 5.75 Å². The summed E-state index contributed by atoms with van der Waals surface area (Å²) >= 11 is 30.4. The van der Waals surface area contributed by atoms with Crippen molar-refractivity contribution in [1.29, 1.82) is 0 Å². The number of ether oxygens (including phenoxy) is 1. The van der Waals surface area contributed by atoms with Gasteiger partial charge in [-0.15, -0.1) is 34.8 Å². The average Bonchev–Trinajstić information content (AvgIpc) is 3.26. The van der Waals surface area contributed by atoms with Gasteiger partial charge in [-0.1, -0.05) is 59.6 Å². The number of carbonyl (C=O) groups is 6. The number of Topliss-reactive ketones (excluding diaryl/α,β-unsaturated/α-hetero) is 2. The molecule has 4 N–H and O–H groups in total. The number of ketones is 2. The molecule has 5 aromatic rings. The predicted molar refractivity (Wildman–Crippen MR) is 249 cm³/mol. The maximum atomic E-state index is 13.5. The minimum absolute atomic E-state index is 0.0248. The molecule has 0 saturated heterocycles. The second-order valence-electron chi connectivity index (χ2n) is 13.6. The summed E-state index contributed by atoms with van der Waals surface area (Å²) in [6.45, 7) is 2.27. The van der Waals surface area contributed by atoms with Gasteiger partial charge in [0, 0.05) is 56.1 Å². The van der Waals surface area contributed by atoms with E-state index in [1.165, 1.54) is 54.6 Å². The van der Waals surface area contributed by atoms with Gasteiger partial charge in [-0.25, -0.2) is 0 Å². The van der Waals surface area contributed by atoms with Crippen LogP contribution in [-0.2, 0) is 30.9 Å². The minimum Gasteiger partial charge on any atom is -0.490 e. The van der Waals surface area contributed by atoms with E-state index in [1.54, 1.807) is 48.5 Å². The third-order valence-electron chi connectivity index (χ3n) is 8.79. The van der Waals surface area contributed by atoms with E-state index in [0.29, 0.717) is 22.5 Å². The molecule has 2 unspecified atom stereocenters. The first-order valence-electron chi connectivity index (χ1n) is 19.0. The lowest BCUT2D eigenvalue weighted by molar-refractivity contribution is -0.127. The number of carbonyl (C=O) groups excluding carboxylic acids is 6. The van der Waals surface area contributed by atoms with Crippen LogP contribution in [0.1, 0.15) is 45.7 Å². The zero-order valence-electron chi connectivity index (χ0n) is 33.8. The number of rotatable bonds is 19. The topological polar surface area (TPSA) is 209 Å². The number of hydrogen-bond acceptors (Lipinski definition) is 11. The zero-order valence-corrected chi connectivity index (χ0v) is 37.6. The van der Waals surface area contributed by atoms with Crippen LogP contribution >= 0.6 is 58.0 Å². The summed E-state index contributed by atoms with van der Waals surface area (Å²) in [6, 6.07) is 23.2. The predicted octanol–water partition coefficient (Wildman–Crippen LogP) is 11.0. The van der Waals surface area contributed by atoms with Crippen molar-refractivity contribution in [1.82, 2.24) is 0 Å². The third-order valence-corrected chi connectivity index (χ3v) is 9.96. The Labute approximate surface area is 391 Å². The van der Waals surface area contributed by atoms with E-state index in [2.05, 4.69) is 41.7 Å². The fourth-order valence-electron chi connectivity index (χ4n) is 5.70. The van der Waals surface area contributed by atoms with Gasteiger partial charge in [-0.2, -0.15) is 20.5 Å². The van der Waals surface area contributed by atoms with Crippen molar-refractivity contribution < 1.29 is 33.5 Å². The molecular weight excluding hydrogens is 930 g/mol. The summed E-state index contributed by atoms with van der Waals surface area (Å²) in [6.07, 6.45) is 0. The molecule has 5 aromatic carbocycles. The largest absolute Gasteiger partial charge is 0.490 e. The van der Waals surface area contributed by atoms with Gasteiger partial charge < -0.3 is 26.0 Å². The molecular formula is C44H37Cl5N8O7. The first kappa shape index (κ1) is 48.8. The number of hydrogen-bond donors (Lipinski definition) is 4. The summed E-state index contributed by atoms with van der Waals surface area (Å²) in [5, 5.41) is 27.0. The molecule has 2 atom stereocenters. The number of para-hydroxylation sites is 2. The Bertz CT molecular complexity index is 2650. The Morgan fingerprint density at radius 3 is 1.48 bits per heavy atom. The van der Waals surface area contributed by atoms with Gasteiger partial charge in [0.05, 0.1) is 22.9 Å². The normalized spacial score (nSPS) is 12.0. The summed E-state index contributed by atoms with van der Waals surface area (Å²) in [5.74, 6) is -3.68. The molecule has 0 bridgehead atoms. The number of benzene rings is 5. The van der Waals surface area contributed by atoms with Crippen LogP contribution in [0.25, 0.3) is 0 Å². The van der Waals surface area contributed by atoms with Gasteiger partial charge >= 0.3 is 0 Å². The number of amides is 4. The summed E-state index contributed by atoms with van der Waals surface area (Å²) in [7, 11) is 0. The lowest BCUT2D eigenvalue weighted by Crippen LogP contribution is -2.32. The Morgan fingerprint density at radius 1 is 0.562 bits per heavy atom. The van der Waals surface area contributed by atoms with E-state index < -0.39 is 47.3 Å². The standard InChI is InChI=1S/C44H37Cl5N8O7/c1-24(58)39(56-54-33-17-28(15-30(48)19-33)41(60)51-35-9-5-3-7-26(35)22-46)43(62)50-32-11-12-37(38(21-32)64-14-13-45)53-44(63)40(25(2)59)57-55-34-18-29(16-31(49)20-34)42(61)52-36-10-6-4-8-27(36)23-47/h3-12,15-21,39-40H,13-14,22-23H2,1-2H3,(H,50,62)(H,51,60)(H,52,61)(H,53,63). The van der Waals surface area contributed by atoms with Crippen molar-refractivity contribution in [2.24, 2.45) is 20.5 Å². The molecule has 0 aliphatic rings. The van der Waals surface area contributed by atoms with Crippen molar-refractivity contribution in [3.05, 3.63) is 135 Å². The maximum absolute atomic E-state index is 13.5. The number of nitrogens with zero attached hydrogens (tertiary/aromatic N) is 4. The van der Waals surface area contributed by atoms with Crippen molar-refractivity contribution >= 4 is 127 Å². The molecule has 0 heterocycles. The molecule has 20 heteroatoms. The van der Waals surface area contributed by atoms with E-state index in [1.807, 2.05) is 0 Å². The van der Waals surface area contributed by atoms with E-state index >= 15 is 0 Å². The van der Waals surface area contributed by atoms with Crippen molar-refractivity contribution in [2.45, 2.75) is 37.7 Å². The highest BCUT2D eigenvalue weighted by Crippen LogP contribution is 2.31. The summed E-state index contributed by atoms with van der Waals surface area (Å²) in [5.41, 5.74) is 3.05. The second kappa shape index (κ2) is 23.5. The highest BCUT2D eigenvalue weighted by Gasteiger charge is 2.26. The van der Waals surface area contributed by atoms with Gasteiger partial charge in [-0.3, -0.25) is 28.8 Å². The average molecular weight is 967 g/mol. The van der Waals surface area contributed by atoms with Crippen LogP contribution in [0, 0.1) is 0 Å². The molecule has 0 saturated carbocycles. The Balaban J connectivity index is 1.29. The molecule has 0 spiro atoms. The molecule has 330 valence electrons. The zero-order chi connectivity index (χ0) is 46.3. The van der Waals surface area contributed by atoms with E-state index in [0.717, 1.165) is 13.8 Å². The number of nitrogens with one attached hydrogen (secondary N) is 4. The van der Waals surface area contributed by atoms with Crippen LogP contribution in [-0.4, -0.2) is 59.8 Å². The fraction of sp³-hybridized carbons (Fsp3) is 0.182. The SMILES string of the molecule is CC(=O)C(N=Nc1cc(Cl)cc(C(=O)Nc2ccccc2CCl)c1)C(=O)Nc1ccc(NC(=O)C(N=Nc2cc(Cl)cc(C(=O)Nc3ccccc3CCl)c2)C(C)=O)c(OCCCl)c1. The van der Waals surface area contributed by atoms with Gasteiger partial charge in [0.15, 0.2) is 11.6 Å². The van der Waals surface area contributed by atoms with Crippen LogP contribution < -0.4 is 26.0 Å². The molecule has 64 heavy (non-hydrogen) atoms. The van der Waals surface area contributed by atoms with Gasteiger partial charge in [0.1, 0.15) is 12.4 Å². The van der Waals surface area contributed by atoms with E-state index in [-0.39, 0.29) is 73.9 Å². The monoisotopic (exact) mass is 964 g/mol. The number of azo groups is 2. The molecule has 0 fully saturated rings. The summed E-state index contributed by atoms with van der Waals surface area (Å²) < 4.78 is 5.73. The summed E-state index contributed by atoms with van der Waals surface area (Å²) in [4.78, 5) is 78.3. The quantitative estimate of drug-likeness (QED) is 0.0357. The fourth-order valence-corrected chi connectivity index (χ4v) is 6.70. The first-order chi connectivity index (χ1) is 30.7. The van der Waals surface area contributed by atoms with Crippen LogP contribution in [0.15, 0.2) is 124 Å². The van der Waals surface area contributed by atoms with Gasteiger partial charge in [0.25, 0.3) is 23.6 Å². The van der Waals surface area contributed by atoms with E-state index in [9.17, 15) is 28.8 Å². The minimum atomic E-state index is -1.65.